The molecule has 1 amide bonds. The lowest BCUT2D eigenvalue weighted by molar-refractivity contribution is -0.132. The van der Waals surface area contributed by atoms with Crippen LogP contribution in [0, 0.1) is 6.92 Å². The number of carbonyl (C=O) groups is 1. The van der Waals surface area contributed by atoms with Gasteiger partial charge in [0, 0.05) is 70.9 Å². The van der Waals surface area contributed by atoms with Gasteiger partial charge in [0.2, 0.25) is 5.91 Å². The number of rotatable bonds is 5. The van der Waals surface area contributed by atoms with Gasteiger partial charge in [-0.2, -0.15) is 0 Å². The maximum atomic E-state index is 13.3. The standard InChI is InChI=1S/C44H50N4O5/c1-34-8-10-42-40(24-34)27-35-4-2-6-37(25-35)30-47(16-18-50-20-22-52-42)31-39-9-11-43-41(29-39)28-36-5-3-7-38(26-36)32-48(17-19-51-21-23-53-43)44(49)12-14-46-15-13-45-33-46/h2-11,13,15,24-26,29,33H,12,14,16-23,27-28,30-32H2,1H3. The van der Waals surface area contributed by atoms with Crippen molar-refractivity contribution in [3.8, 4) is 11.5 Å². The zero-order valence-electron chi connectivity index (χ0n) is 30.8. The fourth-order valence-corrected chi connectivity index (χ4v) is 7.15. The number of ether oxygens (including phenoxy) is 4. The highest BCUT2D eigenvalue weighted by Gasteiger charge is 2.17. The SMILES string of the molecule is Cc1ccc2c(c1)Cc1cccc(c1)CN(Cc1ccc3c(c1)Cc1cccc(c1)CN(C(=O)CCn1ccnc1)CCOCCO3)CCOCCO2. The quantitative estimate of drug-likeness (QED) is 0.203. The molecule has 3 heterocycles. The molecule has 0 atom stereocenters. The molecule has 1 aromatic heterocycles. The number of benzene rings is 4. The van der Waals surface area contributed by atoms with Crippen molar-refractivity contribution in [3.05, 3.63) is 148 Å². The molecule has 9 nitrogen and oxygen atoms in total. The van der Waals surface area contributed by atoms with E-state index in [1.807, 2.05) is 15.7 Å². The molecule has 4 bridgehead atoms. The summed E-state index contributed by atoms with van der Waals surface area (Å²) in [6.07, 6.45) is 7.32. The monoisotopic (exact) mass is 714 g/mol. The number of amides is 1. The first-order valence-electron chi connectivity index (χ1n) is 18.8. The summed E-state index contributed by atoms with van der Waals surface area (Å²) >= 11 is 0. The van der Waals surface area contributed by atoms with Gasteiger partial charge in [-0.25, -0.2) is 4.98 Å². The molecule has 0 N–H and O–H groups in total. The fourth-order valence-electron chi connectivity index (χ4n) is 7.15. The summed E-state index contributed by atoms with van der Waals surface area (Å²) in [5.41, 5.74) is 9.64. The van der Waals surface area contributed by atoms with E-state index in [4.69, 9.17) is 18.9 Å². The van der Waals surface area contributed by atoms with Gasteiger partial charge in [0.1, 0.15) is 24.7 Å². The van der Waals surface area contributed by atoms with Gasteiger partial charge in [-0.3, -0.25) is 9.69 Å². The molecule has 4 aromatic carbocycles. The summed E-state index contributed by atoms with van der Waals surface area (Å²) in [6, 6.07) is 30.5. The van der Waals surface area contributed by atoms with E-state index in [0.29, 0.717) is 65.7 Å². The second-order valence-corrected chi connectivity index (χ2v) is 14.0. The van der Waals surface area contributed by atoms with Crippen LogP contribution in [0.1, 0.15) is 50.9 Å². The van der Waals surface area contributed by atoms with Crippen molar-refractivity contribution in [2.45, 2.75) is 52.4 Å². The van der Waals surface area contributed by atoms with Crippen LogP contribution in [0.25, 0.3) is 0 Å². The van der Waals surface area contributed by atoms with Crippen LogP contribution in [0.5, 0.6) is 11.5 Å². The van der Waals surface area contributed by atoms with Gasteiger partial charge in [0.05, 0.1) is 32.8 Å². The van der Waals surface area contributed by atoms with Crippen LogP contribution in [0.4, 0.5) is 0 Å². The van der Waals surface area contributed by atoms with Crippen LogP contribution in [0.2, 0.25) is 0 Å². The molecule has 0 saturated heterocycles. The lowest BCUT2D eigenvalue weighted by atomic mass is 9.99. The Labute approximate surface area is 313 Å². The highest BCUT2D eigenvalue weighted by Crippen LogP contribution is 2.27. The molecule has 9 heteroatoms. The molecular weight excluding hydrogens is 665 g/mol. The average Bonchev–Trinajstić information content (AvgIpc) is 3.68. The lowest BCUT2D eigenvalue weighted by Gasteiger charge is -2.25. The van der Waals surface area contributed by atoms with Crippen molar-refractivity contribution < 1.29 is 23.7 Å². The van der Waals surface area contributed by atoms with E-state index in [-0.39, 0.29) is 5.91 Å². The highest BCUT2D eigenvalue weighted by molar-refractivity contribution is 5.76. The topological polar surface area (TPSA) is 78.3 Å². The third-order valence-electron chi connectivity index (χ3n) is 9.82. The van der Waals surface area contributed by atoms with Gasteiger partial charge in [-0.15, -0.1) is 0 Å². The second kappa shape index (κ2) is 18.2. The maximum absolute atomic E-state index is 13.3. The molecule has 0 saturated carbocycles. The molecule has 0 spiro atoms. The molecule has 0 unspecified atom stereocenters. The van der Waals surface area contributed by atoms with E-state index in [1.165, 1.54) is 33.4 Å². The first kappa shape index (κ1) is 36.4. The Hall–Kier alpha value is -4.96. The maximum Gasteiger partial charge on any atom is 0.224 e. The van der Waals surface area contributed by atoms with Crippen LogP contribution in [0.3, 0.4) is 0 Å². The van der Waals surface area contributed by atoms with E-state index >= 15 is 0 Å². The largest absolute Gasteiger partial charge is 0.491 e. The number of hydrogen-bond acceptors (Lipinski definition) is 7. The summed E-state index contributed by atoms with van der Waals surface area (Å²) in [5, 5.41) is 0. The van der Waals surface area contributed by atoms with Crippen LogP contribution in [-0.4, -0.2) is 78.0 Å². The molecule has 0 fully saturated rings. The third kappa shape index (κ3) is 10.6. The van der Waals surface area contributed by atoms with Crippen LogP contribution in [0.15, 0.2) is 104 Å². The minimum absolute atomic E-state index is 0.102. The number of hydrogen-bond donors (Lipinski definition) is 0. The zero-order valence-corrected chi connectivity index (χ0v) is 30.8. The lowest BCUT2D eigenvalue weighted by Crippen LogP contribution is -2.34. The van der Waals surface area contributed by atoms with Gasteiger partial charge in [0.15, 0.2) is 0 Å². The minimum Gasteiger partial charge on any atom is -0.491 e. The first-order chi connectivity index (χ1) is 26.0. The Morgan fingerprint density at radius 3 is 2.08 bits per heavy atom. The van der Waals surface area contributed by atoms with Gasteiger partial charge in [-0.05, 0) is 58.0 Å². The summed E-state index contributed by atoms with van der Waals surface area (Å²) < 4.78 is 26.5. The molecular formula is C44H50N4O5. The average molecular weight is 715 g/mol. The van der Waals surface area contributed by atoms with Gasteiger partial charge >= 0.3 is 0 Å². The molecule has 0 aliphatic carbocycles. The van der Waals surface area contributed by atoms with Gasteiger partial charge < -0.3 is 28.4 Å². The highest BCUT2D eigenvalue weighted by atomic mass is 16.5. The Morgan fingerprint density at radius 1 is 0.698 bits per heavy atom. The summed E-state index contributed by atoms with van der Waals surface area (Å²) in [5.74, 6) is 1.91. The Kier molecular flexibility index (Phi) is 12.5. The number of aryl methyl sites for hydroxylation is 2. The summed E-state index contributed by atoms with van der Waals surface area (Å²) in [6.45, 7) is 9.22. The zero-order chi connectivity index (χ0) is 36.2. The Morgan fingerprint density at radius 2 is 1.36 bits per heavy atom. The summed E-state index contributed by atoms with van der Waals surface area (Å²) in [4.78, 5) is 21.8. The Balaban J connectivity index is 1.08. The van der Waals surface area contributed by atoms with Crippen molar-refractivity contribution in [2.75, 3.05) is 52.7 Å². The molecule has 276 valence electrons. The third-order valence-corrected chi connectivity index (χ3v) is 9.82. The number of carbonyl (C=O) groups excluding carboxylic acids is 1. The second-order valence-electron chi connectivity index (χ2n) is 14.0. The van der Waals surface area contributed by atoms with Crippen molar-refractivity contribution >= 4 is 5.91 Å². The van der Waals surface area contributed by atoms with Crippen molar-refractivity contribution in [1.29, 1.82) is 0 Å². The van der Waals surface area contributed by atoms with Crippen molar-refractivity contribution in [3.63, 3.8) is 0 Å². The van der Waals surface area contributed by atoms with Crippen molar-refractivity contribution in [1.82, 2.24) is 19.4 Å². The normalized spacial score (nSPS) is 16.2. The van der Waals surface area contributed by atoms with Crippen LogP contribution in [-0.2, 0) is 53.3 Å². The molecule has 2 aliphatic heterocycles. The Bertz CT molecular complexity index is 1940. The number of aromatic nitrogens is 2. The number of nitrogens with zero attached hydrogens (tertiary/aromatic N) is 4. The molecule has 0 radical (unpaired) electrons. The summed E-state index contributed by atoms with van der Waals surface area (Å²) in [7, 11) is 0. The van der Waals surface area contributed by atoms with Gasteiger partial charge in [0.25, 0.3) is 0 Å². The minimum atomic E-state index is 0.102. The van der Waals surface area contributed by atoms with Crippen LogP contribution < -0.4 is 9.47 Å². The van der Waals surface area contributed by atoms with E-state index in [1.54, 1.807) is 12.5 Å². The molecule has 7 rings (SSSR count). The number of fused-ring (bicyclic) bond motifs is 6. The molecule has 2 aliphatic rings. The molecule has 53 heavy (non-hydrogen) atoms. The van der Waals surface area contributed by atoms with E-state index in [9.17, 15) is 4.79 Å². The van der Waals surface area contributed by atoms with E-state index in [2.05, 4.69) is 102 Å². The predicted octanol–water partition coefficient (Wildman–Crippen LogP) is 6.61. The smallest absolute Gasteiger partial charge is 0.224 e. The predicted molar refractivity (Wildman–Crippen MR) is 205 cm³/mol. The fraction of sp³-hybridized carbons (Fsp3) is 0.364. The van der Waals surface area contributed by atoms with E-state index < -0.39 is 0 Å². The first-order valence-corrected chi connectivity index (χ1v) is 18.8. The van der Waals surface area contributed by atoms with Crippen LogP contribution >= 0.6 is 0 Å². The number of imidazole rings is 1. The van der Waals surface area contributed by atoms with Gasteiger partial charge in [-0.1, -0.05) is 78.4 Å². The van der Waals surface area contributed by atoms with Crippen molar-refractivity contribution in [2.24, 2.45) is 0 Å². The van der Waals surface area contributed by atoms with E-state index in [0.717, 1.165) is 55.1 Å². The molecule has 5 aromatic rings.